The number of nitrogens with two attached hydrogens (primary N) is 1. The molecule has 2 N–H and O–H groups in total. The van der Waals surface area contributed by atoms with Crippen LogP contribution in [0.1, 0.15) is 36.5 Å². The molecule has 1 aliphatic carbocycles. The van der Waals surface area contributed by atoms with E-state index in [4.69, 9.17) is 16.7 Å². The third-order valence-electron chi connectivity index (χ3n) is 3.27. The van der Waals surface area contributed by atoms with Crippen molar-refractivity contribution in [3.63, 3.8) is 0 Å². The first-order chi connectivity index (χ1) is 9.75. The zero-order chi connectivity index (χ0) is 15.8. The Labute approximate surface area is 137 Å². The van der Waals surface area contributed by atoms with Crippen LogP contribution in [0.5, 0.6) is 0 Å². The van der Waals surface area contributed by atoms with Gasteiger partial charge in [-0.1, -0.05) is 18.5 Å². The Kier molecular flexibility index (Phi) is 4.97. The number of carbonyl (C=O) groups is 1. The summed E-state index contributed by atoms with van der Waals surface area (Å²) in [5.41, 5.74) is 0.162. The second kappa shape index (κ2) is 6.24. The number of rotatable bonds is 5. The van der Waals surface area contributed by atoms with Crippen molar-refractivity contribution in [1.29, 1.82) is 0 Å². The van der Waals surface area contributed by atoms with Gasteiger partial charge in [0.15, 0.2) is 0 Å². The molecule has 21 heavy (non-hydrogen) atoms. The lowest BCUT2D eigenvalue weighted by molar-refractivity contribution is 0.0743. The Morgan fingerprint density at radius 2 is 2.10 bits per heavy atom. The molecule has 0 saturated heterocycles. The highest BCUT2D eigenvalue weighted by Crippen LogP contribution is 2.33. The van der Waals surface area contributed by atoms with Crippen LogP contribution in [-0.2, 0) is 10.0 Å². The van der Waals surface area contributed by atoms with Gasteiger partial charge in [-0.2, -0.15) is 0 Å². The summed E-state index contributed by atoms with van der Waals surface area (Å²) in [7, 11) is -3.90. The molecular formula is C13H16BrClN2O3S. The molecule has 1 amide bonds. The van der Waals surface area contributed by atoms with Gasteiger partial charge in [0.25, 0.3) is 5.91 Å². The molecule has 2 rings (SSSR count). The highest BCUT2D eigenvalue weighted by atomic mass is 79.9. The smallest absolute Gasteiger partial charge is 0.255 e. The Morgan fingerprint density at radius 3 is 2.57 bits per heavy atom. The monoisotopic (exact) mass is 394 g/mol. The molecule has 1 aromatic carbocycles. The van der Waals surface area contributed by atoms with E-state index in [0.29, 0.717) is 11.0 Å². The van der Waals surface area contributed by atoms with Crippen molar-refractivity contribution in [3.8, 4) is 0 Å². The van der Waals surface area contributed by atoms with Crippen LogP contribution in [-0.4, -0.2) is 31.8 Å². The molecule has 0 aliphatic heterocycles. The SMILES string of the molecule is CCCN(C(=O)c1cc(S(N)(=O)=O)cc(Br)c1Cl)C1CC1. The molecule has 8 heteroatoms. The number of primary sulfonamides is 1. The third-order valence-corrected chi connectivity index (χ3v) is 5.43. The van der Waals surface area contributed by atoms with Crippen molar-refractivity contribution >= 4 is 43.5 Å². The number of carbonyl (C=O) groups excluding carboxylic acids is 1. The highest BCUT2D eigenvalue weighted by molar-refractivity contribution is 9.10. The van der Waals surface area contributed by atoms with Gasteiger partial charge in [-0.15, -0.1) is 0 Å². The number of hydrogen-bond acceptors (Lipinski definition) is 3. The highest BCUT2D eigenvalue weighted by Gasteiger charge is 2.33. The van der Waals surface area contributed by atoms with Crippen molar-refractivity contribution in [3.05, 3.63) is 27.2 Å². The van der Waals surface area contributed by atoms with Gasteiger partial charge in [0.1, 0.15) is 0 Å². The van der Waals surface area contributed by atoms with Crippen molar-refractivity contribution in [2.24, 2.45) is 5.14 Å². The second-order valence-corrected chi connectivity index (χ2v) is 7.84. The fourth-order valence-electron chi connectivity index (χ4n) is 2.12. The van der Waals surface area contributed by atoms with Crippen molar-refractivity contribution < 1.29 is 13.2 Å². The van der Waals surface area contributed by atoms with Gasteiger partial charge in [-0.3, -0.25) is 4.79 Å². The maximum absolute atomic E-state index is 12.7. The standard InChI is InChI=1S/C13H16BrClN2O3S/c1-2-5-17(8-3-4-8)13(18)10-6-9(21(16,19)20)7-11(14)12(10)15/h6-8H,2-5H2,1H3,(H2,16,19,20). The Hall–Kier alpha value is -0.630. The topological polar surface area (TPSA) is 80.5 Å². The average molecular weight is 396 g/mol. The van der Waals surface area contributed by atoms with Crippen LogP contribution in [0.3, 0.4) is 0 Å². The van der Waals surface area contributed by atoms with Gasteiger partial charge >= 0.3 is 0 Å². The molecule has 0 unspecified atom stereocenters. The molecule has 0 radical (unpaired) electrons. The third kappa shape index (κ3) is 3.77. The normalized spacial score (nSPS) is 15.0. The van der Waals surface area contributed by atoms with Crippen LogP contribution in [0.4, 0.5) is 0 Å². The summed E-state index contributed by atoms with van der Waals surface area (Å²) in [6, 6.07) is 2.77. The quantitative estimate of drug-likeness (QED) is 0.832. The van der Waals surface area contributed by atoms with Crippen LogP contribution in [0, 0.1) is 0 Å². The number of halogens is 2. The zero-order valence-electron chi connectivity index (χ0n) is 11.5. The van der Waals surface area contributed by atoms with E-state index >= 15 is 0 Å². The van der Waals surface area contributed by atoms with Gasteiger partial charge in [0.2, 0.25) is 10.0 Å². The molecule has 0 atom stereocenters. The number of benzene rings is 1. The second-order valence-electron chi connectivity index (χ2n) is 5.04. The minimum absolute atomic E-state index is 0.130. The summed E-state index contributed by atoms with van der Waals surface area (Å²) in [6.07, 6.45) is 2.77. The lowest BCUT2D eigenvalue weighted by Gasteiger charge is -2.22. The first kappa shape index (κ1) is 16.7. The minimum Gasteiger partial charge on any atom is -0.336 e. The molecule has 0 bridgehead atoms. The van der Waals surface area contributed by atoms with E-state index in [1.165, 1.54) is 12.1 Å². The molecule has 0 aromatic heterocycles. The number of sulfonamides is 1. The van der Waals surface area contributed by atoms with Crippen molar-refractivity contribution in [2.75, 3.05) is 6.54 Å². The summed E-state index contributed by atoms with van der Waals surface area (Å²) in [4.78, 5) is 14.3. The molecule has 1 saturated carbocycles. The van der Waals surface area contributed by atoms with E-state index in [2.05, 4.69) is 15.9 Å². The van der Waals surface area contributed by atoms with Gasteiger partial charge < -0.3 is 4.90 Å². The summed E-state index contributed by atoms with van der Waals surface area (Å²) >= 11 is 9.33. The van der Waals surface area contributed by atoms with Crippen LogP contribution >= 0.6 is 27.5 Å². The number of nitrogens with zero attached hydrogens (tertiary/aromatic N) is 1. The first-order valence-electron chi connectivity index (χ1n) is 6.58. The van der Waals surface area contributed by atoms with E-state index < -0.39 is 10.0 Å². The van der Waals surface area contributed by atoms with E-state index in [9.17, 15) is 13.2 Å². The predicted octanol–water partition coefficient (Wildman–Crippen LogP) is 2.76. The van der Waals surface area contributed by atoms with E-state index in [-0.39, 0.29) is 27.4 Å². The predicted molar refractivity (Wildman–Crippen MR) is 84.9 cm³/mol. The van der Waals surface area contributed by atoms with Crippen LogP contribution in [0.25, 0.3) is 0 Å². The Morgan fingerprint density at radius 1 is 1.48 bits per heavy atom. The summed E-state index contributed by atoms with van der Waals surface area (Å²) < 4.78 is 23.3. The summed E-state index contributed by atoms with van der Waals surface area (Å²) in [6.45, 7) is 2.61. The lowest BCUT2D eigenvalue weighted by atomic mass is 10.2. The zero-order valence-corrected chi connectivity index (χ0v) is 14.6. The van der Waals surface area contributed by atoms with Gasteiger partial charge in [-0.25, -0.2) is 13.6 Å². The van der Waals surface area contributed by atoms with E-state index in [1.54, 1.807) is 4.90 Å². The largest absolute Gasteiger partial charge is 0.336 e. The van der Waals surface area contributed by atoms with Crippen LogP contribution < -0.4 is 5.14 Å². The maximum Gasteiger partial charge on any atom is 0.255 e. The maximum atomic E-state index is 12.7. The van der Waals surface area contributed by atoms with E-state index in [0.717, 1.165) is 19.3 Å². The fraction of sp³-hybridized carbons (Fsp3) is 0.462. The number of hydrogen-bond donors (Lipinski definition) is 1. The molecule has 1 aromatic rings. The van der Waals surface area contributed by atoms with Crippen molar-refractivity contribution in [2.45, 2.75) is 37.1 Å². The summed E-state index contributed by atoms with van der Waals surface area (Å²) in [5, 5.41) is 5.34. The van der Waals surface area contributed by atoms with Gasteiger partial charge in [0.05, 0.1) is 15.5 Å². The fourth-order valence-corrected chi connectivity index (χ4v) is 3.48. The van der Waals surface area contributed by atoms with Crippen LogP contribution in [0.15, 0.2) is 21.5 Å². The Balaban J connectivity index is 2.46. The molecule has 0 spiro atoms. The minimum atomic E-state index is -3.90. The molecule has 0 heterocycles. The average Bonchev–Trinajstić information content (AvgIpc) is 3.21. The van der Waals surface area contributed by atoms with Crippen LogP contribution in [0.2, 0.25) is 5.02 Å². The van der Waals surface area contributed by atoms with E-state index in [1.807, 2.05) is 6.92 Å². The first-order valence-corrected chi connectivity index (χ1v) is 9.30. The lowest BCUT2D eigenvalue weighted by Crippen LogP contribution is -2.34. The van der Waals surface area contributed by atoms with Crippen molar-refractivity contribution in [1.82, 2.24) is 4.90 Å². The summed E-state index contributed by atoms with van der Waals surface area (Å²) in [5.74, 6) is -0.254. The Bertz CT molecular complexity index is 674. The molecule has 5 nitrogen and oxygen atoms in total. The van der Waals surface area contributed by atoms with Gasteiger partial charge in [-0.05, 0) is 47.3 Å². The van der Waals surface area contributed by atoms with Gasteiger partial charge in [0, 0.05) is 17.1 Å². The molecular weight excluding hydrogens is 380 g/mol. The molecule has 116 valence electrons. The number of amides is 1. The molecule has 1 fully saturated rings. The molecule has 1 aliphatic rings.